The fourth-order valence-electron chi connectivity index (χ4n) is 2.45. The first-order valence-electron chi connectivity index (χ1n) is 7.95. The molecule has 0 bridgehead atoms. The molecule has 2 aromatic rings. The van der Waals surface area contributed by atoms with Gasteiger partial charge in [-0.25, -0.2) is 28.4 Å². The van der Waals surface area contributed by atoms with Gasteiger partial charge < -0.3 is 50.3 Å². The number of fused-ring (bicyclic) bond motifs is 1. The SMILES string of the molecule is Nc1ncnc2c1ncn2[C@@H]1O[C@H](CO)[C@@H](O)[C@H]1O.O=P([O-])(O)OP(=O)(O)OP(=O)(O)O.[Na+]. The van der Waals surface area contributed by atoms with Crippen LogP contribution in [0, 0.1) is 0 Å². The average Bonchev–Trinajstić information content (AvgIpc) is 3.14. The topological polar surface area (TPSA) is 313 Å². The molecule has 1 aliphatic rings. The van der Waals surface area contributed by atoms with Crippen LogP contribution < -0.4 is 40.2 Å². The van der Waals surface area contributed by atoms with Crippen molar-refractivity contribution in [1.29, 1.82) is 0 Å². The Labute approximate surface area is 205 Å². The molecule has 2 aromatic heterocycles. The molecule has 1 fully saturated rings. The Balaban J connectivity index is 0.000000346. The molecule has 6 atom stereocenters. The van der Waals surface area contributed by atoms with Crippen molar-refractivity contribution >= 4 is 40.4 Å². The molecule has 0 radical (unpaired) electrons. The Morgan fingerprint density at radius 3 is 2.18 bits per heavy atom. The molecule has 1 saturated heterocycles. The van der Waals surface area contributed by atoms with E-state index in [-0.39, 0.29) is 35.4 Å². The second-order valence-corrected chi connectivity index (χ2v) is 10.1. The molecule has 1 aliphatic heterocycles. The summed E-state index contributed by atoms with van der Waals surface area (Å²) in [7, 11) is -16.5. The van der Waals surface area contributed by atoms with Crippen LogP contribution in [0.4, 0.5) is 5.82 Å². The van der Waals surface area contributed by atoms with E-state index < -0.39 is 54.6 Å². The second kappa shape index (κ2) is 11.6. The zero-order valence-corrected chi connectivity index (χ0v) is 21.1. The molecule has 182 valence electrons. The van der Waals surface area contributed by atoms with E-state index in [1.54, 1.807) is 0 Å². The van der Waals surface area contributed by atoms with Gasteiger partial charge in [0.15, 0.2) is 17.7 Å². The molecular weight excluding hydrogens is 530 g/mol. The number of aliphatic hydroxyl groups excluding tert-OH is 3. The van der Waals surface area contributed by atoms with Crippen LogP contribution in [0.15, 0.2) is 12.7 Å². The zero-order valence-electron chi connectivity index (χ0n) is 16.4. The summed E-state index contributed by atoms with van der Waals surface area (Å²) < 4.78 is 42.9. The van der Waals surface area contributed by atoms with Crippen molar-refractivity contribution in [3.05, 3.63) is 12.7 Å². The minimum Gasteiger partial charge on any atom is -0.756 e. The molecule has 2 unspecified atom stereocenters. The van der Waals surface area contributed by atoms with E-state index in [2.05, 4.69) is 23.6 Å². The van der Waals surface area contributed by atoms with Crippen LogP contribution in [0.1, 0.15) is 6.23 Å². The Hall–Kier alpha value is -0.400. The molecule has 0 aliphatic carbocycles. The molecule has 0 aromatic carbocycles. The van der Waals surface area contributed by atoms with Crippen LogP contribution in [0.2, 0.25) is 0 Å². The van der Waals surface area contributed by atoms with Gasteiger partial charge in [-0.05, 0) is 0 Å². The summed E-state index contributed by atoms with van der Waals surface area (Å²) in [6.45, 7) is -0.390. The van der Waals surface area contributed by atoms with Crippen LogP contribution in [0.5, 0.6) is 0 Å². The maximum absolute atomic E-state index is 10.3. The largest absolute Gasteiger partial charge is 1.00 e. The summed E-state index contributed by atoms with van der Waals surface area (Å²) >= 11 is 0. The zero-order chi connectivity index (χ0) is 24.5. The maximum Gasteiger partial charge on any atom is 1.00 e. The first-order valence-corrected chi connectivity index (χ1v) is 12.5. The van der Waals surface area contributed by atoms with Crippen LogP contribution in [-0.4, -0.2) is 79.3 Å². The van der Waals surface area contributed by atoms with Crippen LogP contribution >= 0.6 is 23.5 Å². The summed E-state index contributed by atoms with van der Waals surface area (Å²) in [4.78, 5) is 53.8. The number of hydrogen-bond acceptors (Lipinski definition) is 14. The van der Waals surface area contributed by atoms with E-state index >= 15 is 0 Å². The summed E-state index contributed by atoms with van der Waals surface area (Å²) in [5.41, 5.74) is 6.44. The van der Waals surface area contributed by atoms with E-state index in [0.29, 0.717) is 11.2 Å². The van der Waals surface area contributed by atoms with Gasteiger partial charge in [0.1, 0.15) is 30.2 Å². The maximum atomic E-state index is 10.3. The van der Waals surface area contributed by atoms with E-state index in [4.69, 9.17) is 35.2 Å². The third-order valence-corrected chi connectivity index (χ3v) is 6.92. The Morgan fingerprint density at radius 2 is 1.70 bits per heavy atom. The third-order valence-electron chi connectivity index (χ3n) is 3.59. The number of imidazole rings is 1. The standard InChI is InChI=1S/C10H13N5O4.Na.H5O10P3/c11-8-5-9(13-2-12-8)15(3-14-5)10-7(18)6(17)4(1-16)19-10;;1-11(2,3)9-13(7,8)10-12(4,5)6/h2-4,6-7,10,16-18H,1H2,(H2,11,12,13);;(H,7,8)(H2,1,2,3)(H2,4,5,6)/q;+1;/p-1/t4-,6-,7-,10-;;/m1../s1. The van der Waals surface area contributed by atoms with Gasteiger partial charge in [0.2, 0.25) is 0 Å². The van der Waals surface area contributed by atoms with Crippen LogP contribution in [-0.2, 0) is 27.1 Å². The average molecular weight is 547 g/mol. The van der Waals surface area contributed by atoms with E-state index in [0.717, 1.165) is 0 Å². The van der Waals surface area contributed by atoms with Crippen molar-refractivity contribution in [3.8, 4) is 0 Å². The van der Waals surface area contributed by atoms with Gasteiger partial charge in [-0.15, -0.1) is 0 Å². The van der Waals surface area contributed by atoms with Crippen molar-refractivity contribution < 1.29 is 96.4 Å². The minimum atomic E-state index is -5.60. The van der Waals surface area contributed by atoms with Crippen molar-refractivity contribution in [3.63, 3.8) is 0 Å². The Bertz CT molecular complexity index is 1060. The fourth-order valence-corrected chi connectivity index (χ4v) is 4.95. The van der Waals surface area contributed by atoms with Gasteiger partial charge in [0.25, 0.3) is 7.82 Å². The number of phosphoric acid groups is 3. The van der Waals surface area contributed by atoms with Gasteiger partial charge in [0.05, 0.1) is 12.9 Å². The fraction of sp³-hybridized carbons (Fsp3) is 0.500. The van der Waals surface area contributed by atoms with Gasteiger partial charge in [-0.1, -0.05) is 0 Å². The minimum absolute atomic E-state index is 0. The number of nitrogens with two attached hydrogens (primary N) is 1. The van der Waals surface area contributed by atoms with Crippen LogP contribution in [0.25, 0.3) is 11.2 Å². The number of nitrogen functional groups attached to an aromatic ring is 1. The van der Waals surface area contributed by atoms with Gasteiger partial charge in [0, 0.05) is 0 Å². The predicted molar refractivity (Wildman–Crippen MR) is 96.6 cm³/mol. The molecule has 23 heteroatoms. The number of hydrogen-bond donors (Lipinski definition) is 8. The predicted octanol–water partition coefficient (Wildman–Crippen LogP) is -6.30. The first kappa shape index (κ1) is 30.6. The molecule has 19 nitrogen and oxygen atoms in total. The summed E-state index contributed by atoms with van der Waals surface area (Å²) in [5.74, 6) is 0.218. The number of anilines is 1. The van der Waals surface area contributed by atoms with Crippen molar-refractivity contribution in [1.82, 2.24) is 19.5 Å². The molecule has 0 amide bonds. The number of rotatable bonds is 6. The van der Waals surface area contributed by atoms with E-state index in [1.165, 1.54) is 17.2 Å². The van der Waals surface area contributed by atoms with E-state index in [1.807, 2.05) is 0 Å². The molecule has 33 heavy (non-hydrogen) atoms. The smallest absolute Gasteiger partial charge is 0.756 e. The summed E-state index contributed by atoms with van der Waals surface area (Å²) in [5, 5.41) is 28.7. The van der Waals surface area contributed by atoms with Crippen LogP contribution in [0.3, 0.4) is 0 Å². The number of nitrogens with zero attached hydrogens (tertiary/aromatic N) is 4. The molecular formula is C10H17N5NaO14P3. The van der Waals surface area contributed by atoms with Gasteiger partial charge in [-0.2, -0.15) is 4.31 Å². The summed E-state index contributed by atoms with van der Waals surface area (Å²) in [6.07, 6.45) is -1.42. The van der Waals surface area contributed by atoms with Gasteiger partial charge >= 0.3 is 45.2 Å². The quantitative estimate of drug-likeness (QED) is 0.123. The van der Waals surface area contributed by atoms with Crippen molar-refractivity contribution in [2.75, 3.05) is 12.3 Å². The summed E-state index contributed by atoms with van der Waals surface area (Å²) in [6, 6.07) is 0. The number of aromatic nitrogens is 4. The monoisotopic (exact) mass is 547 g/mol. The van der Waals surface area contributed by atoms with Crippen molar-refractivity contribution in [2.45, 2.75) is 24.5 Å². The van der Waals surface area contributed by atoms with Crippen molar-refractivity contribution in [2.24, 2.45) is 0 Å². The first-order chi connectivity index (χ1) is 14.5. The molecule has 0 spiro atoms. The van der Waals surface area contributed by atoms with E-state index in [9.17, 15) is 28.8 Å². The third kappa shape index (κ3) is 8.64. The molecule has 0 saturated carbocycles. The van der Waals surface area contributed by atoms with Gasteiger partial charge in [-0.3, -0.25) is 9.13 Å². The Kier molecular flexibility index (Phi) is 10.7. The molecule has 9 N–H and O–H groups in total. The number of ether oxygens (including phenoxy) is 1. The second-order valence-electron chi connectivity index (χ2n) is 5.90. The Morgan fingerprint density at radius 1 is 1.09 bits per heavy atom. The number of aliphatic hydroxyl groups is 3. The molecule has 3 rings (SSSR count). The molecule has 3 heterocycles. The normalized spacial score (nSPS) is 26.5.